The highest BCUT2D eigenvalue weighted by molar-refractivity contribution is 5.08. The van der Waals surface area contributed by atoms with E-state index < -0.39 is 0 Å². The first kappa shape index (κ1) is 9.47. The zero-order valence-corrected chi connectivity index (χ0v) is 9.43. The van der Waals surface area contributed by atoms with Gasteiger partial charge in [-0.1, -0.05) is 20.8 Å². The Hall–Kier alpha value is -0.0800. The summed E-state index contributed by atoms with van der Waals surface area (Å²) in [5, 5.41) is 0. The highest BCUT2D eigenvalue weighted by atomic mass is 15.3. The molecule has 0 N–H and O–H groups in total. The fourth-order valence-corrected chi connectivity index (χ4v) is 3.38. The second-order valence-corrected chi connectivity index (χ2v) is 5.60. The van der Waals surface area contributed by atoms with Crippen LogP contribution in [0.15, 0.2) is 0 Å². The fraction of sp³-hybridized carbons (Fsp3) is 1.00. The van der Waals surface area contributed by atoms with Crippen molar-refractivity contribution < 1.29 is 0 Å². The molecule has 0 aromatic rings. The first-order valence-corrected chi connectivity index (χ1v) is 5.40. The zero-order chi connectivity index (χ0) is 9.69. The maximum atomic E-state index is 2.60. The van der Waals surface area contributed by atoms with Crippen molar-refractivity contribution >= 4 is 0 Å². The van der Waals surface area contributed by atoms with Gasteiger partial charge in [0.15, 0.2) is 0 Å². The van der Waals surface area contributed by atoms with Gasteiger partial charge in [0, 0.05) is 37.0 Å². The minimum absolute atomic E-state index is 0.539. The van der Waals surface area contributed by atoms with E-state index in [0.29, 0.717) is 10.8 Å². The molecule has 2 rings (SSSR count). The average molecular weight is 182 g/mol. The molecule has 2 aliphatic heterocycles. The SMILES string of the molecule is CCN1C[C@]2(C)CN(C)C[C@]2(C)C1. The molecule has 0 aromatic carbocycles. The third-order valence-electron chi connectivity index (χ3n) is 4.29. The summed E-state index contributed by atoms with van der Waals surface area (Å²) < 4.78 is 0. The minimum atomic E-state index is 0.539. The van der Waals surface area contributed by atoms with E-state index in [1.807, 2.05) is 0 Å². The largest absolute Gasteiger partial charge is 0.305 e. The van der Waals surface area contributed by atoms with Crippen LogP contribution >= 0.6 is 0 Å². The lowest BCUT2D eigenvalue weighted by atomic mass is 9.71. The lowest BCUT2D eigenvalue weighted by Crippen LogP contribution is -2.34. The van der Waals surface area contributed by atoms with Crippen molar-refractivity contribution in [3.05, 3.63) is 0 Å². The van der Waals surface area contributed by atoms with Crippen LogP contribution in [0.1, 0.15) is 20.8 Å². The van der Waals surface area contributed by atoms with Gasteiger partial charge in [0.05, 0.1) is 0 Å². The van der Waals surface area contributed by atoms with Gasteiger partial charge in [0.2, 0.25) is 0 Å². The summed E-state index contributed by atoms with van der Waals surface area (Å²) >= 11 is 0. The third kappa shape index (κ3) is 1.23. The summed E-state index contributed by atoms with van der Waals surface area (Å²) in [7, 11) is 2.26. The Morgan fingerprint density at radius 1 is 1.00 bits per heavy atom. The number of rotatable bonds is 1. The first-order chi connectivity index (χ1) is 5.99. The molecule has 0 saturated carbocycles. The predicted molar refractivity (Wildman–Crippen MR) is 55.8 cm³/mol. The average Bonchev–Trinajstić information content (AvgIpc) is 2.33. The van der Waals surface area contributed by atoms with E-state index in [-0.39, 0.29) is 0 Å². The van der Waals surface area contributed by atoms with Crippen LogP contribution in [0, 0.1) is 10.8 Å². The summed E-state index contributed by atoms with van der Waals surface area (Å²) in [5.41, 5.74) is 1.08. The van der Waals surface area contributed by atoms with E-state index in [0.717, 1.165) is 0 Å². The summed E-state index contributed by atoms with van der Waals surface area (Å²) in [6, 6.07) is 0. The topological polar surface area (TPSA) is 6.48 Å². The van der Waals surface area contributed by atoms with Crippen LogP contribution < -0.4 is 0 Å². The van der Waals surface area contributed by atoms with E-state index in [1.165, 1.54) is 32.7 Å². The maximum absolute atomic E-state index is 2.60. The van der Waals surface area contributed by atoms with Crippen molar-refractivity contribution in [1.29, 1.82) is 0 Å². The van der Waals surface area contributed by atoms with Crippen molar-refractivity contribution in [3.63, 3.8) is 0 Å². The molecule has 0 unspecified atom stereocenters. The Kier molecular flexibility index (Phi) is 1.97. The molecule has 13 heavy (non-hydrogen) atoms. The van der Waals surface area contributed by atoms with Crippen molar-refractivity contribution in [3.8, 4) is 0 Å². The molecule has 2 heteroatoms. The van der Waals surface area contributed by atoms with Gasteiger partial charge >= 0.3 is 0 Å². The van der Waals surface area contributed by atoms with Gasteiger partial charge in [-0.3, -0.25) is 0 Å². The summed E-state index contributed by atoms with van der Waals surface area (Å²) in [5.74, 6) is 0. The molecule has 0 aliphatic carbocycles. The summed E-state index contributed by atoms with van der Waals surface area (Å²) in [6.45, 7) is 13.6. The number of likely N-dealkylation sites (tertiary alicyclic amines) is 2. The number of hydrogen-bond acceptors (Lipinski definition) is 2. The van der Waals surface area contributed by atoms with Gasteiger partial charge in [-0.25, -0.2) is 0 Å². The molecule has 2 saturated heterocycles. The Morgan fingerprint density at radius 2 is 1.46 bits per heavy atom. The smallest absolute Gasteiger partial charge is 0.00539 e. The van der Waals surface area contributed by atoms with Crippen molar-refractivity contribution in [1.82, 2.24) is 9.80 Å². The van der Waals surface area contributed by atoms with Gasteiger partial charge in [0.25, 0.3) is 0 Å². The summed E-state index contributed by atoms with van der Waals surface area (Å²) in [6.07, 6.45) is 0. The second kappa shape index (κ2) is 2.71. The molecule has 0 aromatic heterocycles. The first-order valence-electron chi connectivity index (χ1n) is 5.40. The molecule has 0 radical (unpaired) electrons. The van der Waals surface area contributed by atoms with Crippen molar-refractivity contribution in [2.24, 2.45) is 10.8 Å². The molecule has 0 spiro atoms. The van der Waals surface area contributed by atoms with Gasteiger partial charge in [-0.15, -0.1) is 0 Å². The van der Waals surface area contributed by atoms with Crippen LogP contribution in [0.2, 0.25) is 0 Å². The molecule has 2 heterocycles. The van der Waals surface area contributed by atoms with Crippen LogP contribution in [0.4, 0.5) is 0 Å². The fourth-order valence-electron chi connectivity index (χ4n) is 3.38. The number of fused-ring (bicyclic) bond motifs is 1. The zero-order valence-electron chi connectivity index (χ0n) is 9.43. The monoisotopic (exact) mass is 182 g/mol. The van der Waals surface area contributed by atoms with Crippen LogP contribution in [-0.2, 0) is 0 Å². The Labute approximate surface area is 81.9 Å². The molecule has 2 nitrogen and oxygen atoms in total. The Morgan fingerprint density at radius 3 is 1.85 bits per heavy atom. The Bertz CT molecular complexity index is 196. The van der Waals surface area contributed by atoms with E-state index in [4.69, 9.17) is 0 Å². The molecular weight excluding hydrogens is 160 g/mol. The standard InChI is InChI=1S/C11H22N2/c1-5-13-8-10(2)6-12(4)7-11(10,3)9-13/h5-9H2,1-4H3/t10-,11+. The van der Waals surface area contributed by atoms with Gasteiger partial charge < -0.3 is 9.80 Å². The van der Waals surface area contributed by atoms with E-state index >= 15 is 0 Å². The van der Waals surface area contributed by atoms with Crippen molar-refractivity contribution in [2.45, 2.75) is 20.8 Å². The predicted octanol–water partition coefficient (Wildman–Crippen LogP) is 1.28. The van der Waals surface area contributed by atoms with Gasteiger partial charge in [-0.05, 0) is 13.6 Å². The van der Waals surface area contributed by atoms with E-state index in [1.54, 1.807) is 0 Å². The maximum Gasteiger partial charge on any atom is 0.00539 e. The Balaban J connectivity index is 2.20. The van der Waals surface area contributed by atoms with E-state index in [2.05, 4.69) is 37.6 Å². The second-order valence-electron chi connectivity index (χ2n) is 5.60. The van der Waals surface area contributed by atoms with Crippen LogP contribution in [-0.4, -0.2) is 49.6 Å². The van der Waals surface area contributed by atoms with Gasteiger partial charge in [0.1, 0.15) is 0 Å². The van der Waals surface area contributed by atoms with Gasteiger partial charge in [-0.2, -0.15) is 0 Å². The molecule has 2 fully saturated rings. The van der Waals surface area contributed by atoms with Crippen LogP contribution in [0.5, 0.6) is 0 Å². The minimum Gasteiger partial charge on any atom is -0.305 e. The number of hydrogen-bond donors (Lipinski definition) is 0. The molecule has 76 valence electrons. The van der Waals surface area contributed by atoms with Crippen LogP contribution in [0.25, 0.3) is 0 Å². The molecule has 0 amide bonds. The highest BCUT2D eigenvalue weighted by Gasteiger charge is 2.56. The number of nitrogens with zero attached hydrogens (tertiary/aromatic N) is 2. The quantitative estimate of drug-likeness (QED) is 0.603. The lowest BCUT2D eigenvalue weighted by molar-refractivity contribution is 0.212. The van der Waals surface area contributed by atoms with Crippen LogP contribution in [0.3, 0.4) is 0 Å². The third-order valence-corrected chi connectivity index (χ3v) is 4.29. The molecule has 2 aliphatic rings. The molecule has 2 atom stereocenters. The summed E-state index contributed by atoms with van der Waals surface area (Å²) in [4.78, 5) is 5.10. The van der Waals surface area contributed by atoms with Crippen molar-refractivity contribution in [2.75, 3.05) is 39.8 Å². The highest BCUT2D eigenvalue weighted by Crippen LogP contribution is 2.50. The normalized spacial score (nSPS) is 47.1. The lowest BCUT2D eigenvalue weighted by Gasteiger charge is -2.31. The molecular formula is C11H22N2. The van der Waals surface area contributed by atoms with E-state index in [9.17, 15) is 0 Å². The molecule has 0 bridgehead atoms.